The SMILES string of the molecule is CCOc1ccc2c(c1)c(=O)c(C(=O)N[C@H](C)c1cc(C)c(C)cc1C)cn2C. The molecule has 152 valence electrons. The second-order valence-corrected chi connectivity index (χ2v) is 7.58. The number of nitrogens with zero attached hydrogens (tertiary/aromatic N) is 1. The molecule has 3 rings (SSSR count). The maximum Gasteiger partial charge on any atom is 0.257 e. The molecular weight excluding hydrogens is 364 g/mol. The molecule has 0 fully saturated rings. The number of carbonyl (C=O) groups is 1. The molecule has 0 spiro atoms. The highest BCUT2D eigenvalue weighted by molar-refractivity contribution is 5.97. The van der Waals surface area contributed by atoms with Crippen LogP contribution in [0.4, 0.5) is 0 Å². The Bertz CT molecular complexity index is 1150. The van der Waals surface area contributed by atoms with E-state index in [-0.39, 0.29) is 22.9 Å². The van der Waals surface area contributed by atoms with Gasteiger partial charge in [-0.1, -0.05) is 12.1 Å². The van der Waals surface area contributed by atoms with Gasteiger partial charge in [-0.25, -0.2) is 0 Å². The molecule has 0 aliphatic rings. The lowest BCUT2D eigenvalue weighted by molar-refractivity contribution is 0.0938. The van der Waals surface area contributed by atoms with Crippen LogP contribution in [0.1, 0.15) is 52.5 Å². The van der Waals surface area contributed by atoms with Gasteiger partial charge in [0.05, 0.1) is 23.6 Å². The van der Waals surface area contributed by atoms with Gasteiger partial charge in [-0.2, -0.15) is 0 Å². The Balaban J connectivity index is 1.97. The summed E-state index contributed by atoms with van der Waals surface area (Å²) >= 11 is 0. The zero-order chi connectivity index (χ0) is 21.3. The Hall–Kier alpha value is -3.08. The summed E-state index contributed by atoms with van der Waals surface area (Å²) in [4.78, 5) is 26.0. The summed E-state index contributed by atoms with van der Waals surface area (Å²) in [7, 11) is 1.83. The molecule has 3 aromatic rings. The zero-order valence-corrected chi connectivity index (χ0v) is 17.9. The van der Waals surface area contributed by atoms with E-state index in [2.05, 4.69) is 31.3 Å². The maximum absolute atomic E-state index is 13.0. The van der Waals surface area contributed by atoms with Gasteiger partial charge in [-0.3, -0.25) is 9.59 Å². The predicted molar refractivity (Wildman–Crippen MR) is 117 cm³/mol. The number of fused-ring (bicyclic) bond motifs is 1. The number of benzene rings is 2. The van der Waals surface area contributed by atoms with Gasteiger partial charge in [-0.15, -0.1) is 0 Å². The van der Waals surface area contributed by atoms with Crippen LogP contribution >= 0.6 is 0 Å². The number of aryl methyl sites for hydroxylation is 4. The molecule has 29 heavy (non-hydrogen) atoms. The van der Waals surface area contributed by atoms with Crippen LogP contribution in [-0.2, 0) is 7.05 Å². The monoisotopic (exact) mass is 392 g/mol. The summed E-state index contributed by atoms with van der Waals surface area (Å²) < 4.78 is 7.32. The highest BCUT2D eigenvalue weighted by atomic mass is 16.5. The number of hydrogen-bond donors (Lipinski definition) is 1. The smallest absolute Gasteiger partial charge is 0.257 e. The van der Waals surface area contributed by atoms with Crippen molar-refractivity contribution in [3.05, 3.63) is 74.6 Å². The van der Waals surface area contributed by atoms with Crippen LogP contribution in [0.2, 0.25) is 0 Å². The second kappa shape index (κ2) is 8.11. The molecule has 1 heterocycles. The number of amides is 1. The first-order valence-electron chi connectivity index (χ1n) is 9.87. The van der Waals surface area contributed by atoms with Gasteiger partial charge in [0.25, 0.3) is 5.91 Å². The number of pyridine rings is 1. The topological polar surface area (TPSA) is 60.3 Å². The summed E-state index contributed by atoms with van der Waals surface area (Å²) in [5.74, 6) is 0.244. The van der Waals surface area contributed by atoms with E-state index in [0.29, 0.717) is 17.7 Å². The molecule has 0 saturated heterocycles. The summed E-state index contributed by atoms with van der Waals surface area (Å²) in [6, 6.07) is 9.38. The fraction of sp³-hybridized carbons (Fsp3) is 0.333. The van der Waals surface area contributed by atoms with Crippen LogP contribution in [0.5, 0.6) is 5.75 Å². The van der Waals surface area contributed by atoms with Crippen molar-refractivity contribution in [3.63, 3.8) is 0 Å². The van der Waals surface area contributed by atoms with E-state index in [9.17, 15) is 9.59 Å². The van der Waals surface area contributed by atoms with Gasteiger partial charge in [0.2, 0.25) is 5.43 Å². The van der Waals surface area contributed by atoms with Gasteiger partial charge in [0.1, 0.15) is 11.3 Å². The molecule has 0 saturated carbocycles. The van der Waals surface area contributed by atoms with Gasteiger partial charge in [0.15, 0.2) is 0 Å². The van der Waals surface area contributed by atoms with Crippen molar-refractivity contribution in [2.24, 2.45) is 7.05 Å². The van der Waals surface area contributed by atoms with E-state index in [1.165, 1.54) is 11.1 Å². The Kier molecular flexibility index (Phi) is 5.78. The minimum absolute atomic E-state index is 0.127. The Morgan fingerprint density at radius 2 is 1.79 bits per heavy atom. The highest BCUT2D eigenvalue weighted by Crippen LogP contribution is 2.22. The molecule has 0 aliphatic carbocycles. The van der Waals surface area contributed by atoms with Crippen LogP contribution in [0.15, 0.2) is 41.3 Å². The highest BCUT2D eigenvalue weighted by Gasteiger charge is 2.19. The first kappa shape index (κ1) is 20.6. The quantitative estimate of drug-likeness (QED) is 0.702. The lowest BCUT2D eigenvalue weighted by Gasteiger charge is -2.19. The molecule has 5 heteroatoms. The Morgan fingerprint density at radius 3 is 2.48 bits per heavy atom. The molecule has 1 aromatic heterocycles. The predicted octanol–water partition coefficient (Wildman–Crippen LogP) is 4.35. The average Bonchev–Trinajstić information content (AvgIpc) is 2.67. The van der Waals surface area contributed by atoms with Gasteiger partial charge >= 0.3 is 0 Å². The minimum Gasteiger partial charge on any atom is -0.494 e. The normalized spacial score (nSPS) is 12.1. The van der Waals surface area contributed by atoms with Crippen molar-refractivity contribution in [2.75, 3.05) is 6.61 Å². The zero-order valence-electron chi connectivity index (χ0n) is 17.9. The molecule has 0 aliphatic heterocycles. The summed E-state index contributed by atoms with van der Waals surface area (Å²) in [6.45, 7) is 10.5. The molecular formula is C24H28N2O3. The van der Waals surface area contributed by atoms with Crippen LogP contribution in [0.25, 0.3) is 10.9 Å². The van der Waals surface area contributed by atoms with Gasteiger partial charge in [-0.05, 0) is 75.1 Å². The van der Waals surface area contributed by atoms with E-state index in [4.69, 9.17) is 4.74 Å². The Labute approximate surface area is 171 Å². The molecule has 2 aromatic carbocycles. The number of hydrogen-bond acceptors (Lipinski definition) is 3. The third-order valence-corrected chi connectivity index (χ3v) is 5.41. The molecule has 0 bridgehead atoms. The van der Waals surface area contributed by atoms with Crippen molar-refractivity contribution in [1.29, 1.82) is 0 Å². The van der Waals surface area contributed by atoms with E-state index < -0.39 is 0 Å². The van der Waals surface area contributed by atoms with E-state index in [0.717, 1.165) is 16.6 Å². The number of aromatic nitrogens is 1. The third kappa shape index (κ3) is 4.04. The van der Waals surface area contributed by atoms with Crippen molar-refractivity contribution in [1.82, 2.24) is 9.88 Å². The summed E-state index contributed by atoms with van der Waals surface area (Å²) in [5.41, 5.74) is 5.16. The molecule has 0 radical (unpaired) electrons. The Morgan fingerprint density at radius 1 is 1.10 bits per heavy atom. The first-order valence-corrected chi connectivity index (χ1v) is 9.87. The molecule has 1 atom stereocenters. The van der Waals surface area contributed by atoms with Crippen molar-refractivity contribution < 1.29 is 9.53 Å². The van der Waals surface area contributed by atoms with E-state index >= 15 is 0 Å². The average molecular weight is 392 g/mol. The number of nitrogens with one attached hydrogen (secondary N) is 1. The second-order valence-electron chi connectivity index (χ2n) is 7.58. The number of rotatable bonds is 5. The summed E-state index contributed by atoms with van der Waals surface area (Å²) in [5, 5.41) is 3.46. The number of carbonyl (C=O) groups excluding carboxylic acids is 1. The minimum atomic E-state index is -0.376. The van der Waals surface area contributed by atoms with Crippen LogP contribution in [0.3, 0.4) is 0 Å². The standard InChI is InChI=1S/C24H28N2O3/c1-7-29-18-8-9-22-20(12-18)23(27)21(13-26(22)6)24(28)25-17(5)19-11-15(3)14(2)10-16(19)4/h8-13,17H,7H2,1-6H3,(H,25,28)/t17-/m1/s1. The lowest BCUT2D eigenvalue weighted by atomic mass is 9.96. The fourth-order valence-corrected chi connectivity index (χ4v) is 3.69. The van der Waals surface area contributed by atoms with E-state index in [1.54, 1.807) is 16.8 Å². The van der Waals surface area contributed by atoms with E-state index in [1.807, 2.05) is 40.0 Å². The van der Waals surface area contributed by atoms with Crippen LogP contribution in [-0.4, -0.2) is 17.1 Å². The summed E-state index contributed by atoms with van der Waals surface area (Å²) in [6.07, 6.45) is 1.60. The van der Waals surface area contributed by atoms with Gasteiger partial charge < -0.3 is 14.6 Å². The molecule has 1 amide bonds. The maximum atomic E-state index is 13.0. The lowest BCUT2D eigenvalue weighted by Crippen LogP contribution is -2.32. The van der Waals surface area contributed by atoms with Crippen molar-refractivity contribution in [3.8, 4) is 5.75 Å². The molecule has 0 unspecified atom stereocenters. The largest absolute Gasteiger partial charge is 0.494 e. The van der Waals surface area contributed by atoms with Crippen molar-refractivity contribution >= 4 is 16.8 Å². The molecule has 5 nitrogen and oxygen atoms in total. The first-order chi connectivity index (χ1) is 13.7. The van der Waals surface area contributed by atoms with Gasteiger partial charge in [0, 0.05) is 13.2 Å². The third-order valence-electron chi connectivity index (χ3n) is 5.41. The van der Waals surface area contributed by atoms with Crippen molar-refractivity contribution in [2.45, 2.75) is 40.7 Å². The van der Waals surface area contributed by atoms with Crippen LogP contribution < -0.4 is 15.5 Å². The fourth-order valence-electron chi connectivity index (χ4n) is 3.69. The van der Waals surface area contributed by atoms with Crippen LogP contribution in [0, 0.1) is 20.8 Å². The molecule has 1 N–H and O–H groups in total. The number of ether oxygens (including phenoxy) is 1.